The molecular weight excluding hydrogens is 249 g/mol. The van der Waals surface area contributed by atoms with Crippen LogP contribution in [0.2, 0.25) is 0 Å². The number of halogens is 1. The lowest BCUT2D eigenvalue weighted by Gasteiger charge is -2.16. The number of amides is 1. The molecule has 1 fully saturated rings. The number of hydrogen-bond donors (Lipinski definition) is 1. The minimum atomic E-state index is -0.329. The van der Waals surface area contributed by atoms with E-state index in [9.17, 15) is 9.18 Å². The van der Waals surface area contributed by atoms with E-state index in [1.54, 1.807) is 4.90 Å². The van der Waals surface area contributed by atoms with E-state index in [1.807, 2.05) is 0 Å². The molecule has 1 heterocycles. The molecule has 1 saturated heterocycles. The van der Waals surface area contributed by atoms with Crippen molar-refractivity contribution in [2.24, 2.45) is 5.92 Å². The molecule has 1 aromatic carbocycles. The summed E-state index contributed by atoms with van der Waals surface area (Å²) in [4.78, 5) is 13.7. The van der Waals surface area contributed by atoms with E-state index in [-0.39, 0.29) is 24.9 Å². The lowest BCUT2D eigenvalue weighted by Crippen LogP contribution is -2.33. The van der Waals surface area contributed by atoms with E-state index < -0.39 is 0 Å². The van der Waals surface area contributed by atoms with Crippen molar-refractivity contribution in [3.63, 3.8) is 0 Å². The van der Waals surface area contributed by atoms with Crippen LogP contribution in [-0.4, -0.2) is 42.2 Å². The van der Waals surface area contributed by atoms with Crippen molar-refractivity contribution in [3.8, 4) is 5.75 Å². The Morgan fingerprint density at radius 2 is 2.16 bits per heavy atom. The zero-order chi connectivity index (χ0) is 13.7. The first-order valence-electron chi connectivity index (χ1n) is 6.46. The number of carbonyl (C=O) groups excluding carboxylic acids is 1. The minimum absolute atomic E-state index is 0.0303. The van der Waals surface area contributed by atoms with Gasteiger partial charge in [0.05, 0.1) is 0 Å². The number of nitrogens with zero attached hydrogens (tertiary/aromatic N) is 1. The van der Waals surface area contributed by atoms with Gasteiger partial charge in [0.1, 0.15) is 11.6 Å². The molecule has 0 spiro atoms. The smallest absolute Gasteiger partial charge is 0.260 e. The van der Waals surface area contributed by atoms with Gasteiger partial charge in [0.2, 0.25) is 0 Å². The zero-order valence-electron chi connectivity index (χ0n) is 10.7. The Morgan fingerprint density at radius 3 is 2.84 bits per heavy atom. The highest BCUT2D eigenvalue weighted by Crippen LogP contribution is 2.19. The Labute approximate surface area is 111 Å². The summed E-state index contributed by atoms with van der Waals surface area (Å²) < 4.78 is 18.0. The third-order valence-corrected chi connectivity index (χ3v) is 3.35. The lowest BCUT2D eigenvalue weighted by atomic mass is 10.1. The third kappa shape index (κ3) is 3.92. The third-order valence-electron chi connectivity index (χ3n) is 3.35. The molecule has 0 aliphatic carbocycles. The van der Waals surface area contributed by atoms with Crippen molar-refractivity contribution >= 4 is 5.91 Å². The Balaban J connectivity index is 1.77. The molecule has 0 aromatic heterocycles. The molecule has 1 aliphatic rings. The van der Waals surface area contributed by atoms with Gasteiger partial charge in [-0.05, 0) is 43.0 Å². The molecule has 1 N–H and O–H groups in total. The van der Waals surface area contributed by atoms with Crippen LogP contribution in [0.1, 0.15) is 12.8 Å². The highest BCUT2D eigenvalue weighted by molar-refractivity contribution is 5.78. The van der Waals surface area contributed by atoms with Crippen molar-refractivity contribution < 1.29 is 19.0 Å². The summed E-state index contributed by atoms with van der Waals surface area (Å²) in [5.41, 5.74) is 0. The predicted molar refractivity (Wildman–Crippen MR) is 68.3 cm³/mol. The first kappa shape index (κ1) is 13.8. The summed E-state index contributed by atoms with van der Waals surface area (Å²) in [7, 11) is 0. The molecular formula is C14H18FNO3. The van der Waals surface area contributed by atoms with Crippen molar-refractivity contribution in [3.05, 3.63) is 30.1 Å². The lowest BCUT2D eigenvalue weighted by molar-refractivity contribution is -0.132. The van der Waals surface area contributed by atoms with Gasteiger partial charge in [-0.25, -0.2) is 4.39 Å². The number of aliphatic hydroxyl groups excluding tert-OH is 1. The second kappa shape index (κ2) is 6.52. The van der Waals surface area contributed by atoms with E-state index in [0.717, 1.165) is 19.4 Å². The summed E-state index contributed by atoms with van der Waals surface area (Å²) in [6.07, 6.45) is 1.67. The molecule has 0 bridgehead atoms. The van der Waals surface area contributed by atoms with E-state index in [1.165, 1.54) is 24.3 Å². The van der Waals surface area contributed by atoms with Gasteiger partial charge in [-0.3, -0.25) is 4.79 Å². The Morgan fingerprint density at radius 1 is 1.42 bits per heavy atom. The maximum absolute atomic E-state index is 12.7. The van der Waals surface area contributed by atoms with Gasteiger partial charge in [-0.2, -0.15) is 0 Å². The maximum atomic E-state index is 12.7. The molecule has 19 heavy (non-hydrogen) atoms. The number of hydrogen-bond acceptors (Lipinski definition) is 3. The van der Waals surface area contributed by atoms with Crippen LogP contribution in [0.4, 0.5) is 4.39 Å². The maximum Gasteiger partial charge on any atom is 0.260 e. The van der Waals surface area contributed by atoms with Crippen LogP contribution in [0.25, 0.3) is 0 Å². The number of carbonyl (C=O) groups is 1. The average Bonchev–Trinajstić information content (AvgIpc) is 2.87. The monoisotopic (exact) mass is 267 g/mol. The van der Waals surface area contributed by atoms with E-state index >= 15 is 0 Å². The van der Waals surface area contributed by atoms with E-state index in [2.05, 4.69) is 0 Å². The van der Waals surface area contributed by atoms with Crippen molar-refractivity contribution in [2.75, 3.05) is 26.3 Å². The summed E-state index contributed by atoms with van der Waals surface area (Å²) in [5.74, 6) is 0.482. The fourth-order valence-corrected chi connectivity index (χ4v) is 2.24. The number of benzene rings is 1. The van der Waals surface area contributed by atoms with E-state index in [0.29, 0.717) is 18.2 Å². The topological polar surface area (TPSA) is 49.8 Å². The molecule has 2 rings (SSSR count). The van der Waals surface area contributed by atoms with Crippen LogP contribution in [0.5, 0.6) is 5.75 Å². The standard InChI is InChI=1S/C14H18FNO3/c15-12-1-3-13(4-2-12)19-10-14(18)16-7-5-11(9-16)6-8-17/h1-4,11,17H,5-10H2. The second-order valence-electron chi connectivity index (χ2n) is 4.75. The van der Waals surface area contributed by atoms with Crippen LogP contribution >= 0.6 is 0 Å². The molecule has 104 valence electrons. The van der Waals surface area contributed by atoms with Crippen LogP contribution in [0.15, 0.2) is 24.3 Å². The number of aliphatic hydroxyl groups is 1. The molecule has 0 saturated carbocycles. The fraction of sp³-hybridized carbons (Fsp3) is 0.500. The summed E-state index contributed by atoms with van der Waals surface area (Å²) in [5, 5.41) is 8.87. The molecule has 1 aliphatic heterocycles. The van der Waals surface area contributed by atoms with Gasteiger partial charge in [-0.15, -0.1) is 0 Å². The Kier molecular flexibility index (Phi) is 4.74. The molecule has 1 aromatic rings. The van der Waals surface area contributed by atoms with Crippen molar-refractivity contribution in [1.82, 2.24) is 4.90 Å². The molecule has 0 radical (unpaired) electrons. The first-order valence-corrected chi connectivity index (χ1v) is 6.46. The number of likely N-dealkylation sites (tertiary alicyclic amines) is 1. The van der Waals surface area contributed by atoms with Crippen molar-refractivity contribution in [2.45, 2.75) is 12.8 Å². The van der Waals surface area contributed by atoms with Gasteiger partial charge in [-0.1, -0.05) is 0 Å². The summed E-state index contributed by atoms with van der Waals surface area (Å²) in [6.45, 7) is 1.54. The number of ether oxygens (including phenoxy) is 1. The summed E-state index contributed by atoms with van der Waals surface area (Å²) >= 11 is 0. The minimum Gasteiger partial charge on any atom is -0.484 e. The van der Waals surface area contributed by atoms with Gasteiger partial charge in [0.25, 0.3) is 5.91 Å². The van der Waals surface area contributed by atoms with Gasteiger partial charge in [0, 0.05) is 19.7 Å². The average molecular weight is 267 g/mol. The second-order valence-corrected chi connectivity index (χ2v) is 4.75. The van der Waals surface area contributed by atoms with Gasteiger partial charge < -0.3 is 14.7 Å². The first-order chi connectivity index (χ1) is 9.19. The summed E-state index contributed by atoms with van der Waals surface area (Å²) in [6, 6.07) is 5.60. The fourth-order valence-electron chi connectivity index (χ4n) is 2.24. The highest BCUT2D eigenvalue weighted by atomic mass is 19.1. The van der Waals surface area contributed by atoms with Crippen LogP contribution in [0, 0.1) is 11.7 Å². The van der Waals surface area contributed by atoms with Crippen molar-refractivity contribution in [1.29, 1.82) is 0 Å². The Bertz CT molecular complexity index is 421. The molecule has 1 amide bonds. The molecule has 1 atom stereocenters. The van der Waals surface area contributed by atoms with Gasteiger partial charge in [0.15, 0.2) is 6.61 Å². The molecule has 1 unspecified atom stereocenters. The number of rotatable bonds is 5. The predicted octanol–water partition coefficient (Wildman–Crippen LogP) is 1.44. The molecule has 5 heteroatoms. The quantitative estimate of drug-likeness (QED) is 0.878. The van der Waals surface area contributed by atoms with Gasteiger partial charge >= 0.3 is 0 Å². The Hall–Kier alpha value is -1.62. The SMILES string of the molecule is O=C(COc1ccc(F)cc1)N1CCC(CCO)C1. The zero-order valence-corrected chi connectivity index (χ0v) is 10.7. The van der Waals surface area contributed by atoms with E-state index in [4.69, 9.17) is 9.84 Å². The molecule has 4 nitrogen and oxygen atoms in total. The van der Waals surface area contributed by atoms with Crippen LogP contribution < -0.4 is 4.74 Å². The largest absolute Gasteiger partial charge is 0.484 e. The highest BCUT2D eigenvalue weighted by Gasteiger charge is 2.25. The van der Waals surface area contributed by atoms with Crippen LogP contribution in [-0.2, 0) is 4.79 Å². The van der Waals surface area contributed by atoms with Crippen LogP contribution in [0.3, 0.4) is 0 Å². The normalized spacial score (nSPS) is 18.6.